The number of benzene rings is 1. The number of fused-ring (bicyclic) bond motifs is 1. The standard InChI is InChI=1S/C21H17F3N6O2/c1-3-32-18-11-9-16(27-28-18)26-20(31)19-12(2)25-17-10-8-15(29-30(17)19)13-6-4-5-7-14(13)21(22,23)24/h4-11H,3H2,1-2H3,(H,26,27,31). The number of hydrogen-bond donors (Lipinski definition) is 1. The molecule has 8 nitrogen and oxygen atoms in total. The Morgan fingerprint density at radius 1 is 1.09 bits per heavy atom. The van der Waals surface area contributed by atoms with Crippen LogP contribution in [0.25, 0.3) is 16.9 Å². The Morgan fingerprint density at radius 2 is 1.88 bits per heavy atom. The number of hydrogen-bond acceptors (Lipinski definition) is 6. The largest absolute Gasteiger partial charge is 0.477 e. The molecule has 32 heavy (non-hydrogen) atoms. The maximum atomic E-state index is 13.4. The van der Waals surface area contributed by atoms with Gasteiger partial charge in [-0.15, -0.1) is 10.2 Å². The Kier molecular flexibility index (Phi) is 5.47. The molecule has 0 saturated carbocycles. The summed E-state index contributed by atoms with van der Waals surface area (Å²) < 4.78 is 46.8. The number of aryl methyl sites for hydroxylation is 1. The molecule has 1 N–H and O–H groups in total. The zero-order valence-electron chi connectivity index (χ0n) is 17.0. The zero-order valence-corrected chi connectivity index (χ0v) is 17.0. The molecule has 0 atom stereocenters. The third-order valence-electron chi connectivity index (χ3n) is 4.55. The van der Waals surface area contributed by atoms with Crippen molar-refractivity contribution in [1.82, 2.24) is 24.8 Å². The second-order valence-corrected chi connectivity index (χ2v) is 6.72. The number of imidazole rings is 1. The number of nitrogens with one attached hydrogen (secondary N) is 1. The van der Waals surface area contributed by atoms with Crippen LogP contribution in [0.3, 0.4) is 0 Å². The number of halogens is 3. The summed E-state index contributed by atoms with van der Waals surface area (Å²) in [4.78, 5) is 17.2. The van der Waals surface area contributed by atoms with E-state index in [4.69, 9.17) is 4.74 Å². The summed E-state index contributed by atoms with van der Waals surface area (Å²) in [6.07, 6.45) is -4.55. The number of carbonyl (C=O) groups is 1. The molecule has 0 saturated heterocycles. The molecule has 1 amide bonds. The summed E-state index contributed by atoms with van der Waals surface area (Å²) in [7, 11) is 0. The zero-order chi connectivity index (χ0) is 22.9. The normalized spacial score (nSPS) is 11.5. The number of aromatic nitrogens is 5. The first-order chi connectivity index (χ1) is 15.3. The number of rotatable bonds is 5. The summed E-state index contributed by atoms with van der Waals surface area (Å²) in [5.41, 5.74) is -0.120. The Labute approximate surface area is 180 Å². The summed E-state index contributed by atoms with van der Waals surface area (Å²) in [6.45, 7) is 3.84. The van der Waals surface area contributed by atoms with Crippen molar-refractivity contribution in [3.8, 4) is 17.1 Å². The number of ether oxygens (including phenoxy) is 1. The van der Waals surface area contributed by atoms with E-state index in [0.717, 1.165) is 6.07 Å². The molecule has 4 rings (SSSR count). The van der Waals surface area contributed by atoms with Crippen molar-refractivity contribution < 1.29 is 22.7 Å². The first kappa shape index (κ1) is 21.2. The van der Waals surface area contributed by atoms with E-state index in [0.29, 0.717) is 23.8 Å². The van der Waals surface area contributed by atoms with Gasteiger partial charge in [-0.3, -0.25) is 4.79 Å². The van der Waals surface area contributed by atoms with Gasteiger partial charge in [-0.1, -0.05) is 18.2 Å². The van der Waals surface area contributed by atoms with E-state index in [1.807, 2.05) is 0 Å². The van der Waals surface area contributed by atoms with E-state index < -0.39 is 17.6 Å². The van der Waals surface area contributed by atoms with Gasteiger partial charge in [0.15, 0.2) is 17.2 Å². The average molecular weight is 442 g/mol. The van der Waals surface area contributed by atoms with Crippen molar-refractivity contribution in [3.05, 3.63) is 65.5 Å². The molecular weight excluding hydrogens is 425 g/mol. The molecule has 1 aromatic carbocycles. The Balaban J connectivity index is 1.72. The topological polar surface area (TPSA) is 94.3 Å². The molecule has 3 heterocycles. The minimum Gasteiger partial charge on any atom is -0.477 e. The van der Waals surface area contributed by atoms with E-state index >= 15 is 0 Å². The molecule has 4 aromatic rings. The number of nitrogens with zero attached hydrogens (tertiary/aromatic N) is 5. The van der Waals surface area contributed by atoms with Crippen LogP contribution in [0.5, 0.6) is 5.88 Å². The van der Waals surface area contributed by atoms with E-state index in [1.165, 1.54) is 40.9 Å². The molecule has 0 fully saturated rings. The van der Waals surface area contributed by atoms with Gasteiger partial charge in [-0.2, -0.15) is 18.3 Å². The molecule has 164 valence electrons. The van der Waals surface area contributed by atoms with Crippen LogP contribution in [-0.2, 0) is 6.18 Å². The van der Waals surface area contributed by atoms with Gasteiger partial charge in [-0.05, 0) is 38.1 Å². The molecule has 0 spiro atoms. The fraction of sp³-hybridized carbons (Fsp3) is 0.190. The van der Waals surface area contributed by atoms with Crippen molar-refractivity contribution in [2.24, 2.45) is 0 Å². The Hall–Kier alpha value is -4.02. The predicted molar refractivity (Wildman–Crippen MR) is 109 cm³/mol. The summed E-state index contributed by atoms with van der Waals surface area (Å²) in [5, 5.41) is 14.6. The monoisotopic (exact) mass is 442 g/mol. The lowest BCUT2D eigenvalue weighted by atomic mass is 10.0. The van der Waals surface area contributed by atoms with Crippen LogP contribution in [0.4, 0.5) is 19.0 Å². The number of amides is 1. The van der Waals surface area contributed by atoms with Crippen LogP contribution >= 0.6 is 0 Å². The maximum Gasteiger partial charge on any atom is 0.417 e. The molecule has 0 aliphatic rings. The summed E-state index contributed by atoms with van der Waals surface area (Å²) in [5.74, 6) is -0.0975. The number of alkyl halides is 3. The van der Waals surface area contributed by atoms with Crippen molar-refractivity contribution in [1.29, 1.82) is 0 Å². The Morgan fingerprint density at radius 3 is 2.56 bits per heavy atom. The van der Waals surface area contributed by atoms with Crippen LogP contribution < -0.4 is 10.1 Å². The molecule has 0 aliphatic carbocycles. The van der Waals surface area contributed by atoms with Crippen LogP contribution in [0.2, 0.25) is 0 Å². The van der Waals surface area contributed by atoms with Crippen LogP contribution in [0.1, 0.15) is 28.7 Å². The smallest absolute Gasteiger partial charge is 0.417 e. The van der Waals surface area contributed by atoms with Crippen molar-refractivity contribution in [2.45, 2.75) is 20.0 Å². The fourth-order valence-corrected chi connectivity index (χ4v) is 3.19. The second-order valence-electron chi connectivity index (χ2n) is 6.72. The van der Waals surface area contributed by atoms with Gasteiger partial charge in [0.05, 0.1) is 23.6 Å². The van der Waals surface area contributed by atoms with Gasteiger partial charge in [-0.25, -0.2) is 9.50 Å². The van der Waals surface area contributed by atoms with E-state index in [9.17, 15) is 18.0 Å². The fourth-order valence-electron chi connectivity index (χ4n) is 3.19. The first-order valence-corrected chi connectivity index (χ1v) is 9.58. The third kappa shape index (κ3) is 4.09. The van der Waals surface area contributed by atoms with Gasteiger partial charge in [0.1, 0.15) is 0 Å². The quantitative estimate of drug-likeness (QED) is 0.499. The lowest BCUT2D eigenvalue weighted by Gasteiger charge is -2.12. The molecule has 0 unspecified atom stereocenters. The highest BCUT2D eigenvalue weighted by Gasteiger charge is 2.34. The molecular formula is C21H17F3N6O2. The van der Waals surface area contributed by atoms with E-state index in [-0.39, 0.29) is 22.8 Å². The van der Waals surface area contributed by atoms with Gasteiger partial charge in [0, 0.05) is 11.6 Å². The molecule has 0 radical (unpaired) electrons. The average Bonchev–Trinajstić information content (AvgIpc) is 3.09. The van der Waals surface area contributed by atoms with Crippen LogP contribution in [-0.4, -0.2) is 37.3 Å². The van der Waals surface area contributed by atoms with E-state index in [2.05, 4.69) is 25.6 Å². The number of carbonyl (C=O) groups excluding carboxylic acids is 1. The van der Waals surface area contributed by atoms with Gasteiger partial charge >= 0.3 is 6.18 Å². The highest BCUT2D eigenvalue weighted by molar-refractivity contribution is 6.03. The maximum absolute atomic E-state index is 13.4. The minimum absolute atomic E-state index is 0.0535. The SMILES string of the molecule is CCOc1ccc(NC(=O)c2c(C)nc3ccc(-c4ccccc4C(F)(F)F)nn23)nn1. The third-order valence-corrected chi connectivity index (χ3v) is 4.55. The molecule has 3 aromatic heterocycles. The van der Waals surface area contributed by atoms with Crippen LogP contribution in [0.15, 0.2) is 48.5 Å². The second kappa shape index (κ2) is 8.25. The van der Waals surface area contributed by atoms with Crippen LogP contribution in [0, 0.1) is 6.92 Å². The summed E-state index contributed by atoms with van der Waals surface area (Å²) in [6, 6.07) is 11.1. The number of anilines is 1. The first-order valence-electron chi connectivity index (χ1n) is 9.58. The highest BCUT2D eigenvalue weighted by Crippen LogP contribution is 2.36. The lowest BCUT2D eigenvalue weighted by Crippen LogP contribution is -2.18. The Bertz CT molecular complexity index is 1290. The summed E-state index contributed by atoms with van der Waals surface area (Å²) >= 11 is 0. The lowest BCUT2D eigenvalue weighted by molar-refractivity contribution is -0.137. The van der Waals surface area contributed by atoms with Gasteiger partial charge in [0.2, 0.25) is 5.88 Å². The highest BCUT2D eigenvalue weighted by atomic mass is 19.4. The van der Waals surface area contributed by atoms with Crippen molar-refractivity contribution in [3.63, 3.8) is 0 Å². The molecule has 0 aliphatic heterocycles. The van der Waals surface area contributed by atoms with Gasteiger partial charge in [0.25, 0.3) is 5.91 Å². The van der Waals surface area contributed by atoms with Crippen molar-refractivity contribution >= 4 is 17.4 Å². The molecule has 11 heteroatoms. The van der Waals surface area contributed by atoms with E-state index in [1.54, 1.807) is 19.9 Å². The minimum atomic E-state index is -4.55. The van der Waals surface area contributed by atoms with Gasteiger partial charge < -0.3 is 10.1 Å². The van der Waals surface area contributed by atoms with Crippen molar-refractivity contribution in [2.75, 3.05) is 11.9 Å². The predicted octanol–water partition coefficient (Wildman–Crippen LogP) is 4.16. The molecule has 0 bridgehead atoms.